The molecule has 0 N–H and O–H groups in total. The van der Waals surface area contributed by atoms with Crippen molar-refractivity contribution in [2.24, 2.45) is 5.92 Å². The molecule has 0 amide bonds. The second kappa shape index (κ2) is 6.19. The minimum Gasteiger partial charge on any atom is -0.295 e. The third kappa shape index (κ3) is 3.88. The van der Waals surface area contributed by atoms with Gasteiger partial charge in [0.1, 0.15) is 12.1 Å². The molecular weight excluding hydrogens is 310 g/mol. The fourth-order valence-corrected chi connectivity index (χ4v) is 3.94. The number of likely N-dealkylation sites (tertiary alicyclic amines) is 2. The highest BCUT2D eigenvalue weighted by atomic mass is 19.4. The summed E-state index contributed by atoms with van der Waals surface area (Å²) in [6.07, 6.45) is -7.59. The van der Waals surface area contributed by atoms with Gasteiger partial charge in [-0.25, -0.2) is 0 Å². The summed E-state index contributed by atoms with van der Waals surface area (Å²) in [7, 11) is 1.43. The lowest BCUT2D eigenvalue weighted by Gasteiger charge is -2.33. The summed E-state index contributed by atoms with van der Waals surface area (Å²) in [6.45, 7) is 2.36. The van der Waals surface area contributed by atoms with Crippen molar-refractivity contribution in [3.63, 3.8) is 0 Å². The fraction of sp³-hybridized carbons (Fsp3) is 1.00. The number of hydrogen-bond donors (Lipinski definition) is 0. The van der Waals surface area contributed by atoms with Gasteiger partial charge in [0.25, 0.3) is 0 Å². The van der Waals surface area contributed by atoms with E-state index in [1.807, 2.05) is 0 Å². The van der Waals surface area contributed by atoms with Crippen LogP contribution in [0, 0.1) is 5.92 Å². The van der Waals surface area contributed by atoms with Crippen molar-refractivity contribution in [2.45, 2.75) is 63.1 Å². The Labute approximate surface area is 126 Å². The van der Waals surface area contributed by atoms with E-state index >= 15 is 0 Å². The second-order valence-electron chi connectivity index (χ2n) is 6.62. The lowest BCUT2D eigenvalue weighted by Crippen LogP contribution is -2.46. The summed E-state index contributed by atoms with van der Waals surface area (Å²) < 4.78 is 77.4. The summed E-state index contributed by atoms with van der Waals surface area (Å²) in [5.74, 6) is -0.207. The molecule has 2 heterocycles. The molecule has 2 fully saturated rings. The number of alkyl halides is 6. The summed E-state index contributed by atoms with van der Waals surface area (Å²) in [6, 6.07) is -3.26. The van der Waals surface area contributed by atoms with Gasteiger partial charge in [0, 0.05) is 12.6 Å². The molecule has 2 aliphatic heterocycles. The van der Waals surface area contributed by atoms with Gasteiger partial charge in [-0.3, -0.25) is 9.80 Å². The maximum atomic E-state index is 13.0. The molecule has 22 heavy (non-hydrogen) atoms. The average molecular weight is 332 g/mol. The molecule has 0 bridgehead atoms. The van der Waals surface area contributed by atoms with Crippen LogP contribution in [0.4, 0.5) is 26.3 Å². The lowest BCUT2D eigenvalue weighted by atomic mass is 9.96. The van der Waals surface area contributed by atoms with Crippen LogP contribution in [0.5, 0.6) is 0 Å². The highest BCUT2D eigenvalue weighted by Gasteiger charge is 2.50. The van der Waals surface area contributed by atoms with Crippen molar-refractivity contribution in [1.29, 1.82) is 0 Å². The predicted octanol–water partition coefficient (Wildman–Crippen LogP) is 3.67. The molecule has 8 heteroatoms. The summed E-state index contributed by atoms with van der Waals surface area (Å²) in [5.41, 5.74) is 0. The van der Waals surface area contributed by atoms with E-state index in [2.05, 4.69) is 0 Å². The van der Waals surface area contributed by atoms with E-state index in [1.54, 1.807) is 6.92 Å². The molecule has 2 aliphatic rings. The zero-order valence-electron chi connectivity index (χ0n) is 12.7. The summed E-state index contributed by atoms with van der Waals surface area (Å²) in [5, 5.41) is 0. The number of nitrogens with zero attached hydrogens (tertiary/aromatic N) is 2. The molecule has 0 aromatic rings. The smallest absolute Gasteiger partial charge is 0.295 e. The van der Waals surface area contributed by atoms with E-state index in [9.17, 15) is 26.3 Å². The van der Waals surface area contributed by atoms with E-state index in [0.717, 1.165) is 0 Å². The molecule has 2 rings (SSSR count). The van der Waals surface area contributed by atoms with Crippen molar-refractivity contribution in [3.8, 4) is 0 Å². The Morgan fingerprint density at radius 3 is 2.14 bits per heavy atom. The van der Waals surface area contributed by atoms with E-state index in [-0.39, 0.29) is 24.8 Å². The Morgan fingerprint density at radius 1 is 1.05 bits per heavy atom. The van der Waals surface area contributed by atoms with E-state index in [4.69, 9.17) is 0 Å². The van der Waals surface area contributed by atoms with Gasteiger partial charge in [-0.2, -0.15) is 26.3 Å². The topological polar surface area (TPSA) is 6.48 Å². The van der Waals surface area contributed by atoms with Gasteiger partial charge in [0.2, 0.25) is 0 Å². The van der Waals surface area contributed by atoms with Crippen LogP contribution in [0.15, 0.2) is 0 Å². The van der Waals surface area contributed by atoms with E-state index in [0.29, 0.717) is 25.9 Å². The monoisotopic (exact) mass is 332 g/mol. The minimum atomic E-state index is -4.27. The highest BCUT2D eigenvalue weighted by molar-refractivity contribution is 4.92. The van der Waals surface area contributed by atoms with Gasteiger partial charge in [-0.1, -0.05) is 0 Å². The van der Waals surface area contributed by atoms with Crippen LogP contribution in [-0.2, 0) is 0 Å². The Hall–Kier alpha value is -0.500. The van der Waals surface area contributed by atoms with Crippen LogP contribution in [-0.4, -0.2) is 60.4 Å². The standard InChI is InChI=1S/C14H22F6N2/c1-9(22-5-3-4-11(22)13(15,16)17)6-10-7-12(14(18,19)20)21(2)8-10/h9-12H,3-8H2,1-2H3/t9?,10?,11-,12+/m1/s1. The zero-order valence-corrected chi connectivity index (χ0v) is 12.7. The molecule has 4 atom stereocenters. The van der Waals surface area contributed by atoms with Gasteiger partial charge in [-0.05, 0) is 52.1 Å². The molecule has 2 unspecified atom stereocenters. The van der Waals surface area contributed by atoms with Crippen LogP contribution in [0.1, 0.15) is 32.6 Å². The first-order chi connectivity index (χ1) is 10.00. The number of hydrogen-bond acceptors (Lipinski definition) is 2. The van der Waals surface area contributed by atoms with Crippen molar-refractivity contribution >= 4 is 0 Å². The normalized spacial score (nSPS) is 33.5. The van der Waals surface area contributed by atoms with Gasteiger partial charge < -0.3 is 0 Å². The Kier molecular flexibility index (Phi) is 5.02. The van der Waals surface area contributed by atoms with Crippen LogP contribution < -0.4 is 0 Å². The summed E-state index contributed by atoms with van der Waals surface area (Å²) >= 11 is 0. The van der Waals surface area contributed by atoms with Gasteiger partial charge in [0.15, 0.2) is 0 Å². The molecule has 0 aromatic carbocycles. The molecule has 2 saturated heterocycles. The SMILES string of the molecule is CC(CC1C[C@@H](C(F)(F)F)N(C)C1)N1CCC[C@@H]1C(F)(F)F. The van der Waals surface area contributed by atoms with E-state index < -0.39 is 24.4 Å². The molecule has 0 aliphatic carbocycles. The predicted molar refractivity (Wildman–Crippen MR) is 70.4 cm³/mol. The first-order valence-electron chi connectivity index (χ1n) is 7.59. The molecule has 0 radical (unpaired) electrons. The quantitative estimate of drug-likeness (QED) is 0.728. The Bertz CT molecular complexity index is 381. The van der Waals surface area contributed by atoms with Crippen LogP contribution in [0.25, 0.3) is 0 Å². The van der Waals surface area contributed by atoms with Crippen molar-refractivity contribution in [3.05, 3.63) is 0 Å². The van der Waals surface area contributed by atoms with Gasteiger partial charge in [0.05, 0.1) is 0 Å². The maximum absolute atomic E-state index is 13.0. The third-order valence-corrected chi connectivity index (χ3v) is 4.93. The van der Waals surface area contributed by atoms with Crippen molar-refractivity contribution in [1.82, 2.24) is 9.80 Å². The van der Waals surface area contributed by atoms with Gasteiger partial charge in [-0.15, -0.1) is 0 Å². The van der Waals surface area contributed by atoms with Crippen LogP contribution in [0.2, 0.25) is 0 Å². The van der Waals surface area contributed by atoms with Crippen molar-refractivity contribution in [2.75, 3.05) is 20.1 Å². The molecule has 130 valence electrons. The molecule has 0 saturated carbocycles. The average Bonchev–Trinajstić information content (AvgIpc) is 2.93. The third-order valence-electron chi connectivity index (χ3n) is 4.93. The second-order valence-corrected chi connectivity index (χ2v) is 6.62. The molecular formula is C14H22F6N2. The zero-order chi connectivity index (χ0) is 16.7. The lowest BCUT2D eigenvalue weighted by molar-refractivity contribution is -0.181. The number of halogens is 6. The van der Waals surface area contributed by atoms with Crippen molar-refractivity contribution < 1.29 is 26.3 Å². The molecule has 2 nitrogen and oxygen atoms in total. The minimum absolute atomic E-state index is 0.0190. The Balaban J connectivity index is 1.94. The highest BCUT2D eigenvalue weighted by Crippen LogP contribution is 2.39. The number of rotatable bonds is 3. The summed E-state index contributed by atoms with van der Waals surface area (Å²) in [4.78, 5) is 2.68. The first-order valence-corrected chi connectivity index (χ1v) is 7.59. The largest absolute Gasteiger partial charge is 0.404 e. The molecule has 0 spiro atoms. The molecule has 0 aromatic heterocycles. The Morgan fingerprint density at radius 2 is 1.64 bits per heavy atom. The first kappa shape index (κ1) is 17.8. The van der Waals surface area contributed by atoms with Crippen LogP contribution in [0.3, 0.4) is 0 Å². The van der Waals surface area contributed by atoms with Crippen LogP contribution >= 0.6 is 0 Å². The maximum Gasteiger partial charge on any atom is 0.404 e. The fourth-order valence-electron chi connectivity index (χ4n) is 3.94. The van der Waals surface area contributed by atoms with Gasteiger partial charge >= 0.3 is 12.4 Å². The van der Waals surface area contributed by atoms with E-state index in [1.165, 1.54) is 16.8 Å².